The molecule has 3 heterocycles. The molecule has 1 saturated heterocycles. The summed E-state index contributed by atoms with van der Waals surface area (Å²) in [6, 6.07) is 0. The number of fused-ring (bicyclic) bond motifs is 1. The fourth-order valence-corrected chi connectivity index (χ4v) is 2.56. The smallest absolute Gasteiger partial charge is 0.166 e. The maximum Gasteiger partial charge on any atom is 0.166 e. The summed E-state index contributed by atoms with van der Waals surface area (Å²) in [5.41, 5.74) is 1.58. The Bertz CT molecular complexity index is 544. The van der Waals surface area contributed by atoms with Crippen LogP contribution in [0.4, 0.5) is 0 Å². The molecule has 0 aliphatic carbocycles. The van der Waals surface area contributed by atoms with E-state index in [1.54, 1.807) is 6.33 Å². The van der Waals surface area contributed by atoms with E-state index in [9.17, 15) is 0 Å². The zero-order valence-corrected chi connectivity index (χ0v) is 11.1. The van der Waals surface area contributed by atoms with E-state index in [1.165, 1.54) is 6.33 Å². The van der Waals surface area contributed by atoms with E-state index >= 15 is 0 Å². The van der Waals surface area contributed by atoms with Gasteiger partial charge in [-0.1, -0.05) is 0 Å². The van der Waals surface area contributed by atoms with Crippen molar-refractivity contribution in [2.45, 2.75) is 25.2 Å². The van der Waals surface area contributed by atoms with Crippen LogP contribution >= 0.6 is 22.6 Å². The molecule has 1 fully saturated rings. The lowest BCUT2D eigenvalue weighted by Crippen LogP contribution is -2.14. The van der Waals surface area contributed by atoms with Gasteiger partial charge in [-0.25, -0.2) is 15.0 Å². The molecule has 0 spiro atoms. The number of hydrogen-bond acceptors (Lipinski definition) is 5. The Labute approximate surface area is 111 Å². The van der Waals surface area contributed by atoms with Crippen LogP contribution in [0.15, 0.2) is 12.7 Å². The fourth-order valence-electron chi connectivity index (χ4n) is 2.06. The molecule has 0 radical (unpaired) electrons. The molecule has 90 valence electrons. The van der Waals surface area contributed by atoms with Crippen LogP contribution in [0.25, 0.3) is 11.2 Å². The van der Waals surface area contributed by atoms with E-state index in [0.29, 0.717) is 0 Å². The minimum absolute atomic E-state index is 0.0651. The van der Waals surface area contributed by atoms with Gasteiger partial charge >= 0.3 is 0 Å². The highest BCUT2D eigenvalue weighted by molar-refractivity contribution is 14.1. The average molecular weight is 346 g/mol. The number of halogens is 1. The van der Waals surface area contributed by atoms with Crippen molar-refractivity contribution >= 4 is 33.8 Å². The van der Waals surface area contributed by atoms with Gasteiger partial charge in [-0.2, -0.15) is 0 Å². The van der Waals surface area contributed by atoms with Crippen molar-refractivity contribution in [1.29, 1.82) is 0 Å². The lowest BCUT2D eigenvalue weighted by atomic mass is 10.2. The summed E-state index contributed by atoms with van der Waals surface area (Å²) >= 11 is 2.14. The third kappa shape index (κ3) is 1.91. The van der Waals surface area contributed by atoms with Crippen LogP contribution in [0.1, 0.15) is 19.1 Å². The predicted octanol–water partition coefficient (Wildman–Crippen LogP) is 1.10. The number of nitrogens with zero attached hydrogens (tertiary/aromatic N) is 4. The van der Waals surface area contributed by atoms with E-state index in [2.05, 4.69) is 37.5 Å². The second-order valence-electron chi connectivity index (χ2n) is 3.96. The number of rotatable bonds is 2. The molecular weight excluding hydrogens is 335 g/mol. The first-order chi connectivity index (χ1) is 8.29. The molecule has 0 aromatic carbocycles. The zero-order valence-electron chi connectivity index (χ0n) is 8.95. The van der Waals surface area contributed by atoms with Crippen molar-refractivity contribution in [1.82, 2.24) is 19.5 Å². The largest absolute Gasteiger partial charge is 0.394 e. The lowest BCUT2D eigenvalue weighted by Gasteiger charge is -2.13. The number of ether oxygens (including phenoxy) is 1. The zero-order chi connectivity index (χ0) is 11.8. The highest BCUT2D eigenvalue weighted by Crippen LogP contribution is 2.30. The minimum Gasteiger partial charge on any atom is -0.394 e. The van der Waals surface area contributed by atoms with Crippen molar-refractivity contribution in [3.05, 3.63) is 16.4 Å². The molecule has 7 heteroatoms. The van der Waals surface area contributed by atoms with Gasteiger partial charge < -0.3 is 9.84 Å². The van der Waals surface area contributed by atoms with E-state index in [4.69, 9.17) is 9.84 Å². The van der Waals surface area contributed by atoms with Gasteiger partial charge in [0.25, 0.3) is 0 Å². The molecule has 0 amide bonds. The average Bonchev–Trinajstić information content (AvgIpc) is 2.94. The Kier molecular flexibility index (Phi) is 2.97. The molecule has 2 aromatic heterocycles. The van der Waals surface area contributed by atoms with Crippen molar-refractivity contribution in [2.75, 3.05) is 6.61 Å². The summed E-state index contributed by atoms with van der Waals surface area (Å²) in [6.45, 7) is 0.0651. The van der Waals surface area contributed by atoms with Crippen LogP contribution in [-0.2, 0) is 4.74 Å². The van der Waals surface area contributed by atoms with E-state index < -0.39 is 0 Å². The van der Waals surface area contributed by atoms with Crippen LogP contribution in [-0.4, -0.2) is 37.3 Å². The number of aromatic nitrogens is 4. The van der Waals surface area contributed by atoms with E-state index in [-0.39, 0.29) is 18.9 Å². The normalized spacial score (nSPS) is 24.6. The number of hydrogen-bond donors (Lipinski definition) is 1. The quantitative estimate of drug-likeness (QED) is 0.651. The van der Waals surface area contributed by atoms with Crippen molar-refractivity contribution in [2.24, 2.45) is 0 Å². The number of aliphatic hydroxyl groups excluding tert-OH is 1. The van der Waals surface area contributed by atoms with E-state index in [0.717, 1.165) is 27.7 Å². The number of imidazole rings is 1. The van der Waals surface area contributed by atoms with Crippen LogP contribution in [0.5, 0.6) is 0 Å². The summed E-state index contributed by atoms with van der Waals surface area (Å²) in [5, 5.41) is 9.06. The summed E-state index contributed by atoms with van der Waals surface area (Å²) in [5.74, 6) is 0. The molecule has 6 nitrogen and oxygen atoms in total. The van der Waals surface area contributed by atoms with Gasteiger partial charge in [0, 0.05) is 0 Å². The molecule has 17 heavy (non-hydrogen) atoms. The Morgan fingerprint density at radius 2 is 2.29 bits per heavy atom. The summed E-state index contributed by atoms with van der Waals surface area (Å²) in [7, 11) is 0. The summed E-state index contributed by atoms with van der Waals surface area (Å²) < 4.78 is 8.46. The van der Waals surface area contributed by atoms with Crippen molar-refractivity contribution in [3.63, 3.8) is 0 Å². The first-order valence-corrected chi connectivity index (χ1v) is 6.47. The highest BCUT2D eigenvalue weighted by atomic mass is 127. The lowest BCUT2D eigenvalue weighted by molar-refractivity contribution is -0.0207. The maximum atomic E-state index is 9.06. The molecule has 2 atom stereocenters. The fraction of sp³-hybridized carbons (Fsp3) is 0.500. The van der Waals surface area contributed by atoms with Crippen molar-refractivity contribution in [3.8, 4) is 0 Å². The molecule has 1 N–H and O–H groups in total. The standard InChI is InChI=1S/C10H11IN4O2/c11-9-8-10(13-4-12-9)15(5-14-8)7-2-1-6(3-16)17-7/h4-7,16H,1-3H2/t6-,7+/m0/s1. The molecule has 0 unspecified atom stereocenters. The molecule has 0 saturated carbocycles. The monoisotopic (exact) mass is 346 g/mol. The third-order valence-electron chi connectivity index (χ3n) is 2.91. The SMILES string of the molecule is OC[C@@H]1CC[C@H](n2cnc3c(I)ncnc32)O1. The van der Waals surface area contributed by atoms with Crippen molar-refractivity contribution < 1.29 is 9.84 Å². The van der Waals surface area contributed by atoms with Gasteiger partial charge in [0.05, 0.1) is 19.0 Å². The first-order valence-electron chi connectivity index (χ1n) is 5.39. The first kappa shape index (κ1) is 11.3. The Morgan fingerprint density at radius 1 is 1.41 bits per heavy atom. The van der Waals surface area contributed by atoms with Crippen LogP contribution < -0.4 is 0 Å². The molecule has 0 bridgehead atoms. The van der Waals surface area contributed by atoms with Crippen LogP contribution in [0.3, 0.4) is 0 Å². The van der Waals surface area contributed by atoms with Gasteiger partial charge in [-0.05, 0) is 35.4 Å². The molecule has 1 aliphatic heterocycles. The summed E-state index contributed by atoms with van der Waals surface area (Å²) in [6.07, 6.45) is 4.84. The van der Waals surface area contributed by atoms with Crippen LogP contribution in [0, 0.1) is 3.70 Å². The predicted molar refractivity (Wildman–Crippen MR) is 68.3 cm³/mol. The number of aliphatic hydroxyl groups is 1. The van der Waals surface area contributed by atoms with E-state index in [1.807, 2.05) is 4.57 Å². The van der Waals surface area contributed by atoms with Gasteiger partial charge in [0.2, 0.25) is 0 Å². The van der Waals surface area contributed by atoms with Gasteiger partial charge in [0.1, 0.15) is 21.8 Å². The van der Waals surface area contributed by atoms with Crippen LogP contribution in [0.2, 0.25) is 0 Å². The van der Waals surface area contributed by atoms with Gasteiger partial charge in [0.15, 0.2) is 5.65 Å². The molecule has 2 aromatic rings. The second-order valence-corrected chi connectivity index (χ2v) is 4.98. The summed E-state index contributed by atoms with van der Waals surface area (Å²) in [4.78, 5) is 12.6. The van der Waals surface area contributed by atoms with Gasteiger partial charge in [-0.3, -0.25) is 4.57 Å². The minimum atomic E-state index is -0.0807. The Balaban J connectivity index is 1.99. The molecular formula is C10H11IN4O2. The highest BCUT2D eigenvalue weighted by Gasteiger charge is 2.27. The Morgan fingerprint density at radius 3 is 3.06 bits per heavy atom. The third-order valence-corrected chi connectivity index (χ3v) is 3.70. The Hall–Kier alpha value is -0.800. The molecule has 1 aliphatic rings. The van der Waals surface area contributed by atoms with Gasteiger partial charge in [-0.15, -0.1) is 0 Å². The maximum absolute atomic E-state index is 9.06. The topological polar surface area (TPSA) is 73.1 Å². The molecule has 3 rings (SSSR count). The second kappa shape index (κ2) is 4.46.